The van der Waals surface area contributed by atoms with Crippen molar-refractivity contribution in [3.05, 3.63) is 0 Å². The van der Waals surface area contributed by atoms with E-state index in [9.17, 15) is 43.2 Å². The second kappa shape index (κ2) is 28.9. The van der Waals surface area contributed by atoms with Gasteiger partial charge in [-0.3, -0.25) is 37.3 Å². The van der Waals surface area contributed by atoms with Crippen LogP contribution in [0.3, 0.4) is 0 Å². The largest absolute Gasteiger partial charge is 0.472 e. The maximum atomic E-state index is 12.3. The molecule has 0 bridgehead atoms. The van der Waals surface area contributed by atoms with Crippen LogP contribution in [-0.2, 0) is 65.4 Å². The zero-order valence-corrected chi connectivity index (χ0v) is 29.3. The molecule has 17 nitrogen and oxygen atoms in total. The molecule has 0 aliphatic rings. The Morgan fingerprint density at radius 2 is 1.04 bits per heavy atom. The predicted octanol–water partition coefficient (Wildman–Crippen LogP) is 4.53. The molecule has 0 spiro atoms. The topological polar surface area (TPSA) is 237 Å². The Morgan fingerprint density at radius 1 is 0.604 bits per heavy atom. The van der Waals surface area contributed by atoms with Gasteiger partial charge in [-0.25, -0.2) is 9.13 Å². The highest BCUT2D eigenvalue weighted by Gasteiger charge is 2.29. The zero-order valence-electron chi connectivity index (χ0n) is 27.5. The number of phosphoric acid groups is 2. The van der Waals surface area contributed by atoms with Gasteiger partial charge in [-0.15, -0.1) is 0 Å². The highest BCUT2D eigenvalue weighted by Crippen LogP contribution is 2.45. The summed E-state index contributed by atoms with van der Waals surface area (Å²) < 4.78 is 63.3. The van der Waals surface area contributed by atoms with Crippen molar-refractivity contribution in [3.8, 4) is 0 Å². The van der Waals surface area contributed by atoms with Gasteiger partial charge in [0.05, 0.1) is 26.4 Å². The molecule has 3 N–H and O–H groups in total. The molecule has 0 aliphatic carbocycles. The lowest BCUT2D eigenvalue weighted by Gasteiger charge is -2.21. The number of esters is 3. The number of carbonyl (C=O) groups is 4. The zero-order chi connectivity index (χ0) is 35.6. The van der Waals surface area contributed by atoms with Crippen molar-refractivity contribution in [2.24, 2.45) is 0 Å². The predicted molar refractivity (Wildman–Crippen MR) is 171 cm³/mol. The smallest absolute Gasteiger partial charge is 0.462 e. The van der Waals surface area contributed by atoms with Crippen LogP contribution >= 0.6 is 15.6 Å². The maximum absolute atomic E-state index is 12.3. The molecule has 0 heterocycles. The van der Waals surface area contributed by atoms with Crippen LogP contribution in [0.25, 0.3) is 0 Å². The third-order valence-corrected chi connectivity index (χ3v) is 7.94. The van der Waals surface area contributed by atoms with Crippen molar-refractivity contribution in [2.45, 2.75) is 124 Å². The summed E-state index contributed by atoms with van der Waals surface area (Å²) in [5.74, 6) is -1.71. The van der Waals surface area contributed by atoms with E-state index in [4.69, 9.17) is 28.0 Å². The Balaban J connectivity index is 0. The molecule has 0 aromatic heterocycles. The van der Waals surface area contributed by atoms with Gasteiger partial charge in [0.25, 0.3) is 6.47 Å². The van der Waals surface area contributed by atoms with E-state index >= 15 is 0 Å². The summed E-state index contributed by atoms with van der Waals surface area (Å²) in [4.78, 5) is 66.3. The van der Waals surface area contributed by atoms with Gasteiger partial charge in [-0.05, 0) is 19.3 Å². The van der Waals surface area contributed by atoms with Gasteiger partial charge in [0, 0.05) is 19.3 Å². The molecule has 2 unspecified atom stereocenters. The lowest BCUT2D eigenvalue weighted by molar-refractivity contribution is -0.161. The number of phosphoric ester groups is 2. The number of carbonyl (C=O) groups excluding carboxylic acids is 4. The molecule has 48 heavy (non-hydrogen) atoms. The van der Waals surface area contributed by atoms with Gasteiger partial charge in [-0.2, -0.15) is 0 Å². The van der Waals surface area contributed by atoms with Crippen molar-refractivity contribution in [3.63, 3.8) is 0 Å². The molecule has 0 aromatic rings. The van der Waals surface area contributed by atoms with E-state index in [1.165, 1.54) is 0 Å². The average molecular weight is 739 g/mol. The minimum absolute atomic E-state index is 0. The van der Waals surface area contributed by atoms with Gasteiger partial charge < -0.3 is 33.8 Å². The van der Waals surface area contributed by atoms with E-state index in [-0.39, 0.29) is 33.2 Å². The summed E-state index contributed by atoms with van der Waals surface area (Å²) in [5.41, 5.74) is 0. The Bertz CT molecular complexity index is 979. The van der Waals surface area contributed by atoms with E-state index in [2.05, 4.69) is 16.0 Å². The molecular formula is C29H56O17P2. The first kappa shape index (κ1) is 48.2. The van der Waals surface area contributed by atoms with Gasteiger partial charge in [-0.1, -0.05) is 66.7 Å². The third-order valence-electron chi connectivity index (χ3n) is 6.04. The fraction of sp³-hybridized carbons (Fsp3) is 0.862. The first-order chi connectivity index (χ1) is 22.3. The van der Waals surface area contributed by atoms with Crippen LogP contribution in [0.2, 0.25) is 0 Å². The van der Waals surface area contributed by atoms with Gasteiger partial charge in [0.15, 0.2) is 12.2 Å². The molecule has 0 saturated carbocycles. The van der Waals surface area contributed by atoms with Crippen LogP contribution in [0.4, 0.5) is 0 Å². The summed E-state index contributed by atoms with van der Waals surface area (Å²) in [6.07, 6.45) is 3.62. The van der Waals surface area contributed by atoms with Crippen LogP contribution in [0.1, 0.15) is 105 Å². The highest BCUT2D eigenvalue weighted by atomic mass is 31.2. The molecule has 0 aromatic carbocycles. The van der Waals surface area contributed by atoms with E-state index in [0.29, 0.717) is 19.3 Å². The monoisotopic (exact) mass is 738 g/mol. The minimum atomic E-state index is -4.86. The van der Waals surface area contributed by atoms with Gasteiger partial charge >= 0.3 is 33.6 Å². The van der Waals surface area contributed by atoms with Crippen LogP contribution in [0.5, 0.6) is 0 Å². The Hall–Kier alpha value is -1.94. The Labute approximate surface area is 283 Å². The molecular weight excluding hydrogens is 682 g/mol. The number of ether oxygens (including phenoxy) is 4. The third kappa shape index (κ3) is 28.0. The molecule has 0 amide bonds. The summed E-state index contributed by atoms with van der Waals surface area (Å²) in [6.45, 7) is 1.79. The second-order valence-corrected chi connectivity index (χ2v) is 13.4. The molecule has 19 heteroatoms. The lowest BCUT2D eigenvalue weighted by Crippen LogP contribution is -2.29. The lowest BCUT2D eigenvalue weighted by atomic mass is 10.1. The van der Waals surface area contributed by atoms with Crippen LogP contribution < -0.4 is 0 Å². The van der Waals surface area contributed by atoms with Crippen LogP contribution in [-0.4, -0.2) is 97.2 Å². The molecule has 0 saturated heterocycles. The van der Waals surface area contributed by atoms with Crippen molar-refractivity contribution in [1.82, 2.24) is 0 Å². The number of rotatable bonds is 31. The molecule has 284 valence electrons. The molecule has 0 rings (SSSR count). The normalized spacial score (nSPS) is 15.5. The van der Waals surface area contributed by atoms with Crippen LogP contribution in [0.15, 0.2) is 0 Å². The van der Waals surface area contributed by atoms with Gasteiger partial charge in [0.1, 0.15) is 19.3 Å². The first-order valence-corrected chi connectivity index (χ1v) is 18.8. The standard InChI is InChI=1S/C28H52O17P2.CH4/c1-4-7-9-10-12-15-27(32)38-18-24(40-22-29)20-43-46(34,35)41-16-23(30)17-42-47(36,37)44-21-25(45-28(33)13-6-3)19-39-26(31)14-11-8-5-2;/h22-25,30H,4-21H2,1-3H3,(H,34,35)(H,36,37);1H4/t23-,24-,25-;/m1./s1. The minimum Gasteiger partial charge on any atom is -0.462 e. The highest BCUT2D eigenvalue weighted by molar-refractivity contribution is 7.47. The number of aliphatic hydroxyl groups excluding tert-OH is 1. The summed E-state index contributed by atoms with van der Waals surface area (Å²) in [7, 11) is -9.70. The number of unbranched alkanes of at least 4 members (excludes halogenated alkanes) is 6. The van der Waals surface area contributed by atoms with Crippen molar-refractivity contribution < 1.29 is 80.2 Å². The second-order valence-electron chi connectivity index (χ2n) is 10.5. The Kier molecular flexibility index (Phi) is 29.0. The Morgan fingerprint density at radius 3 is 1.54 bits per heavy atom. The summed E-state index contributed by atoms with van der Waals surface area (Å²) in [5, 5.41) is 10.0. The molecule has 0 aliphatic heterocycles. The van der Waals surface area contributed by atoms with E-state index < -0.39 is 91.5 Å². The van der Waals surface area contributed by atoms with Crippen molar-refractivity contribution in [2.75, 3.05) is 39.6 Å². The first-order valence-electron chi connectivity index (χ1n) is 15.8. The van der Waals surface area contributed by atoms with E-state index in [0.717, 1.165) is 38.5 Å². The molecule has 0 fully saturated rings. The number of aliphatic hydroxyl groups is 1. The maximum Gasteiger partial charge on any atom is 0.472 e. The quantitative estimate of drug-likeness (QED) is 0.0291. The van der Waals surface area contributed by atoms with Gasteiger partial charge in [0.2, 0.25) is 0 Å². The summed E-state index contributed by atoms with van der Waals surface area (Å²) >= 11 is 0. The molecule has 0 radical (unpaired) electrons. The van der Waals surface area contributed by atoms with E-state index in [1.54, 1.807) is 6.92 Å². The number of hydrogen-bond donors (Lipinski definition) is 3. The average Bonchev–Trinajstić information content (AvgIpc) is 3.02. The van der Waals surface area contributed by atoms with E-state index in [1.807, 2.05) is 6.92 Å². The van der Waals surface area contributed by atoms with Crippen molar-refractivity contribution >= 4 is 40.0 Å². The van der Waals surface area contributed by atoms with Crippen LogP contribution in [0, 0.1) is 0 Å². The fourth-order valence-electron chi connectivity index (χ4n) is 3.52. The summed E-state index contributed by atoms with van der Waals surface area (Å²) in [6, 6.07) is 0. The SMILES string of the molecule is C.CCCCCCCC(=O)OC[C@H](COP(=O)(O)OC[C@@H](O)COP(=O)(O)OC[C@@H](COC(=O)CCCCC)OC(=O)CCC)OC=O. The van der Waals surface area contributed by atoms with Crippen molar-refractivity contribution in [1.29, 1.82) is 0 Å². The number of hydrogen-bond acceptors (Lipinski definition) is 15. The molecule has 5 atom stereocenters. The fourth-order valence-corrected chi connectivity index (χ4v) is 5.10.